The van der Waals surface area contributed by atoms with Crippen LogP contribution in [0.5, 0.6) is 0 Å². The maximum Gasteiger partial charge on any atom is 0.226 e. The van der Waals surface area contributed by atoms with Crippen molar-refractivity contribution in [3.8, 4) is 0 Å². The largest absolute Gasteiger partial charge is 0.347 e. The number of H-pyrrole nitrogens is 1. The molecular weight excluding hydrogens is 232 g/mol. The van der Waals surface area contributed by atoms with Crippen LogP contribution >= 0.6 is 0 Å². The number of imidazole rings is 1. The molecule has 2 N–H and O–H groups in total. The summed E-state index contributed by atoms with van der Waals surface area (Å²) in [6.07, 6.45) is 4.46. The van der Waals surface area contributed by atoms with Crippen LogP contribution in [-0.4, -0.2) is 40.3 Å². The fourth-order valence-electron chi connectivity index (χ4n) is 2.16. The number of amides is 2. The molecule has 1 fully saturated rings. The third-order valence-electron chi connectivity index (χ3n) is 3.29. The highest BCUT2D eigenvalue weighted by Gasteiger charge is 2.33. The number of hydrogen-bond donors (Lipinski definition) is 2. The van der Waals surface area contributed by atoms with Gasteiger partial charge in [0.15, 0.2) is 0 Å². The van der Waals surface area contributed by atoms with Crippen molar-refractivity contribution in [1.29, 1.82) is 0 Å². The van der Waals surface area contributed by atoms with E-state index in [2.05, 4.69) is 15.3 Å². The van der Waals surface area contributed by atoms with Crippen LogP contribution in [-0.2, 0) is 9.59 Å². The fraction of sp³-hybridized carbons (Fsp3) is 0.583. The summed E-state index contributed by atoms with van der Waals surface area (Å²) in [5.41, 5.74) is 0. The van der Waals surface area contributed by atoms with Gasteiger partial charge in [-0.25, -0.2) is 4.98 Å². The molecule has 0 radical (unpaired) electrons. The molecule has 0 bridgehead atoms. The van der Waals surface area contributed by atoms with Crippen LogP contribution in [0.2, 0.25) is 0 Å². The molecule has 1 aliphatic heterocycles. The van der Waals surface area contributed by atoms with Crippen molar-refractivity contribution in [1.82, 2.24) is 20.2 Å². The molecule has 18 heavy (non-hydrogen) atoms. The van der Waals surface area contributed by atoms with Gasteiger partial charge in [-0.1, -0.05) is 6.92 Å². The van der Waals surface area contributed by atoms with Crippen molar-refractivity contribution >= 4 is 11.8 Å². The Hall–Kier alpha value is -1.85. The van der Waals surface area contributed by atoms with Crippen molar-refractivity contribution in [2.24, 2.45) is 5.92 Å². The van der Waals surface area contributed by atoms with Crippen LogP contribution in [0.15, 0.2) is 12.4 Å². The molecule has 1 aliphatic rings. The Kier molecular flexibility index (Phi) is 3.64. The molecule has 1 saturated heterocycles. The van der Waals surface area contributed by atoms with E-state index in [0.717, 1.165) is 12.2 Å². The molecule has 6 nitrogen and oxygen atoms in total. The SMILES string of the molecule is CCC(NC(=O)C1CC(=O)N(C)C1)c1ncc[nH]1. The van der Waals surface area contributed by atoms with Gasteiger partial charge in [0.25, 0.3) is 0 Å². The van der Waals surface area contributed by atoms with Crippen molar-refractivity contribution in [2.45, 2.75) is 25.8 Å². The number of nitrogens with zero attached hydrogens (tertiary/aromatic N) is 2. The molecular formula is C12H18N4O2. The van der Waals surface area contributed by atoms with Gasteiger partial charge in [-0.3, -0.25) is 9.59 Å². The Morgan fingerprint density at radius 1 is 1.72 bits per heavy atom. The summed E-state index contributed by atoms with van der Waals surface area (Å²) in [6.45, 7) is 2.48. The first-order valence-electron chi connectivity index (χ1n) is 6.15. The average molecular weight is 250 g/mol. The number of aromatic nitrogens is 2. The van der Waals surface area contributed by atoms with Gasteiger partial charge in [-0.15, -0.1) is 0 Å². The molecule has 2 unspecified atom stereocenters. The van der Waals surface area contributed by atoms with Crippen LogP contribution < -0.4 is 5.32 Å². The van der Waals surface area contributed by atoms with E-state index in [-0.39, 0.29) is 23.8 Å². The number of likely N-dealkylation sites (tertiary alicyclic amines) is 1. The lowest BCUT2D eigenvalue weighted by atomic mass is 10.1. The summed E-state index contributed by atoms with van der Waals surface area (Å²) >= 11 is 0. The van der Waals surface area contributed by atoms with E-state index in [9.17, 15) is 9.59 Å². The molecule has 0 aliphatic carbocycles. The van der Waals surface area contributed by atoms with Crippen LogP contribution in [0.4, 0.5) is 0 Å². The van der Waals surface area contributed by atoms with Gasteiger partial charge in [0.05, 0.1) is 12.0 Å². The van der Waals surface area contributed by atoms with Gasteiger partial charge in [0, 0.05) is 32.4 Å². The maximum absolute atomic E-state index is 12.1. The first-order valence-corrected chi connectivity index (χ1v) is 6.15. The third kappa shape index (κ3) is 2.52. The van der Waals surface area contributed by atoms with E-state index in [1.165, 1.54) is 0 Å². The molecule has 2 atom stereocenters. The van der Waals surface area contributed by atoms with Crippen molar-refractivity contribution in [2.75, 3.05) is 13.6 Å². The first kappa shape index (κ1) is 12.6. The van der Waals surface area contributed by atoms with E-state index < -0.39 is 0 Å². The number of rotatable bonds is 4. The average Bonchev–Trinajstić information content (AvgIpc) is 2.97. The zero-order chi connectivity index (χ0) is 13.1. The highest BCUT2D eigenvalue weighted by Crippen LogP contribution is 2.18. The number of nitrogens with one attached hydrogen (secondary N) is 2. The summed E-state index contributed by atoms with van der Waals surface area (Å²) in [4.78, 5) is 32.2. The highest BCUT2D eigenvalue weighted by molar-refractivity contribution is 5.89. The standard InChI is InChI=1S/C12H18N4O2/c1-3-9(11-13-4-5-14-11)15-12(18)8-6-10(17)16(2)7-8/h4-5,8-9H,3,6-7H2,1-2H3,(H,13,14)(H,15,18). The molecule has 2 heterocycles. The number of carbonyl (C=O) groups is 2. The summed E-state index contributed by atoms with van der Waals surface area (Å²) in [6, 6.07) is -0.117. The molecule has 1 aromatic heterocycles. The summed E-state index contributed by atoms with van der Waals surface area (Å²) in [7, 11) is 1.72. The third-order valence-corrected chi connectivity index (χ3v) is 3.29. The second kappa shape index (κ2) is 5.20. The molecule has 0 spiro atoms. The smallest absolute Gasteiger partial charge is 0.226 e. The molecule has 1 aromatic rings. The monoisotopic (exact) mass is 250 g/mol. The normalized spacial score (nSPS) is 21.1. The van der Waals surface area contributed by atoms with E-state index in [1.54, 1.807) is 24.3 Å². The molecule has 2 amide bonds. The number of carbonyl (C=O) groups excluding carboxylic acids is 2. The van der Waals surface area contributed by atoms with Crippen LogP contribution in [0.25, 0.3) is 0 Å². The van der Waals surface area contributed by atoms with Crippen molar-refractivity contribution in [3.05, 3.63) is 18.2 Å². The lowest BCUT2D eigenvalue weighted by molar-refractivity contribution is -0.128. The predicted octanol–water partition coefficient (Wildman–Crippen LogP) is 0.455. The number of hydrogen-bond acceptors (Lipinski definition) is 3. The molecule has 98 valence electrons. The molecule has 0 saturated carbocycles. The van der Waals surface area contributed by atoms with Crippen LogP contribution in [0.1, 0.15) is 31.6 Å². The van der Waals surface area contributed by atoms with Gasteiger partial charge in [-0.05, 0) is 6.42 Å². The summed E-state index contributed by atoms with van der Waals surface area (Å²) in [5, 5.41) is 2.94. The quantitative estimate of drug-likeness (QED) is 0.814. The zero-order valence-electron chi connectivity index (χ0n) is 10.6. The molecule has 0 aromatic carbocycles. The minimum atomic E-state index is -0.244. The zero-order valence-corrected chi connectivity index (χ0v) is 10.6. The fourth-order valence-corrected chi connectivity index (χ4v) is 2.16. The van der Waals surface area contributed by atoms with Crippen LogP contribution in [0, 0.1) is 5.92 Å². The van der Waals surface area contributed by atoms with E-state index in [1.807, 2.05) is 6.92 Å². The lowest BCUT2D eigenvalue weighted by Gasteiger charge is -2.17. The summed E-state index contributed by atoms with van der Waals surface area (Å²) in [5.74, 6) is 0.465. The lowest BCUT2D eigenvalue weighted by Crippen LogP contribution is -2.35. The summed E-state index contributed by atoms with van der Waals surface area (Å²) < 4.78 is 0. The van der Waals surface area contributed by atoms with Gasteiger partial charge < -0.3 is 15.2 Å². The minimum Gasteiger partial charge on any atom is -0.347 e. The first-order chi connectivity index (χ1) is 8.61. The van der Waals surface area contributed by atoms with E-state index in [0.29, 0.717) is 13.0 Å². The van der Waals surface area contributed by atoms with Gasteiger partial charge in [0.2, 0.25) is 11.8 Å². The van der Waals surface area contributed by atoms with Gasteiger partial charge in [0.1, 0.15) is 5.82 Å². The van der Waals surface area contributed by atoms with E-state index in [4.69, 9.17) is 0 Å². The molecule has 6 heteroatoms. The Morgan fingerprint density at radius 2 is 2.50 bits per heavy atom. The predicted molar refractivity (Wildman–Crippen MR) is 65.5 cm³/mol. The second-order valence-electron chi connectivity index (χ2n) is 4.62. The van der Waals surface area contributed by atoms with Crippen molar-refractivity contribution in [3.63, 3.8) is 0 Å². The Bertz CT molecular complexity index is 429. The number of aromatic amines is 1. The van der Waals surface area contributed by atoms with Gasteiger partial charge in [-0.2, -0.15) is 0 Å². The minimum absolute atomic E-state index is 0.0289. The Morgan fingerprint density at radius 3 is 3.00 bits per heavy atom. The second-order valence-corrected chi connectivity index (χ2v) is 4.62. The highest BCUT2D eigenvalue weighted by atomic mass is 16.2. The van der Waals surface area contributed by atoms with E-state index >= 15 is 0 Å². The van der Waals surface area contributed by atoms with Crippen LogP contribution in [0.3, 0.4) is 0 Å². The molecule has 2 rings (SSSR count). The topological polar surface area (TPSA) is 78.1 Å². The maximum atomic E-state index is 12.1. The Labute approximate surface area is 106 Å². The Balaban J connectivity index is 1.96. The van der Waals surface area contributed by atoms with Gasteiger partial charge >= 0.3 is 0 Å². The van der Waals surface area contributed by atoms with Crippen molar-refractivity contribution < 1.29 is 9.59 Å².